The summed E-state index contributed by atoms with van der Waals surface area (Å²) in [5, 5.41) is 2.83. The average Bonchev–Trinajstić information content (AvgIpc) is 2.36. The van der Waals surface area contributed by atoms with Gasteiger partial charge < -0.3 is 15.8 Å². The van der Waals surface area contributed by atoms with Crippen LogP contribution >= 0.6 is 0 Å². The number of nitrogens with two attached hydrogens (primary N) is 1. The Hall–Kier alpha value is -1.39. The number of anilines is 1. The summed E-state index contributed by atoms with van der Waals surface area (Å²) in [6.07, 6.45) is 0.0544. The predicted molar refractivity (Wildman–Crippen MR) is 73.6 cm³/mol. The van der Waals surface area contributed by atoms with E-state index in [-0.39, 0.29) is 18.4 Å². The molecule has 0 bridgehead atoms. The number of amides is 1. The molecule has 0 heterocycles. The summed E-state index contributed by atoms with van der Waals surface area (Å²) in [6.45, 7) is 4.62. The molecule has 1 aromatic rings. The number of nitrogens with one attached hydrogen (secondary N) is 1. The van der Waals surface area contributed by atoms with Gasteiger partial charge in [-0.25, -0.2) is 0 Å². The first-order valence-corrected chi connectivity index (χ1v) is 6.19. The molecule has 1 aromatic carbocycles. The van der Waals surface area contributed by atoms with Crippen LogP contribution in [0.1, 0.15) is 31.7 Å². The first kappa shape index (κ1) is 14.7. The maximum atomic E-state index is 11.7. The first-order chi connectivity index (χ1) is 8.56. The summed E-state index contributed by atoms with van der Waals surface area (Å²) in [5.41, 5.74) is 7.53. The molecule has 0 aliphatic rings. The molecule has 0 aliphatic carbocycles. The van der Waals surface area contributed by atoms with Gasteiger partial charge in [0.05, 0.1) is 12.5 Å². The third-order valence-electron chi connectivity index (χ3n) is 2.87. The second kappa shape index (κ2) is 7.13. The fourth-order valence-corrected chi connectivity index (χ4v) is 1.63. The number of methoxy groups -OCH3 is 1. The highest BCUT2D eigenvalue weighted by molar-refractivity contribution is 5.91. The van der Waals surface area contributed by atoms with E-state index in [2.05, 4.69) is 19.2 Å². The number of carbonyl (C=O) groups is 1. The number of ether oxygens (including phenoxy) is 1. The highest BCUT2D eigenvalue weighted by Crippen LogP contribution is 2.17. The van der Waals surface area contributed by atoms with Crippen molar-refractivity contribution in [3.8, 4) is 0 Å². The van der Waals surface area contributed by atoms with Crippen LogP contribution < -0.4 is 11.1 Å². The lowest BCUT2D eigenvalue weighted by atomic mass is 10.0. The zero-order valence-corrected chi connectivity index (χ0v) is 11.3. The van der Waals surface area contributed by atoms with E-state index in [1.807, 2.05) is 24.3 Å². The molecule has 0 radical (unpaired) electrons. The summed E-state index contributed by atoms with van der Waals surface area (Å²) >= 11 is 0. The fourth-order valence-electron chi connectivity index (χ4n) is 1.63. The van der Waals surface area contributed by atoms with E-state index < -0.39 is 0 Å². The first-order valence-electron chi connectivity index (χ1n) is 6.19. The lowest BCUT2D eigenvalue weighted by molar-refractivity contribution is -0.118. The third kappa shape index (κ3) is 4.47. The number of rotatable bonds is 6. The highest BCUT2D eigenvalue weighted by Gasteiger charge is 2.11. The monoisotopic (exact) mass is 250 g/mol. The summed E-state index contributed by atoms with van der Waals surface area (Å²) in [6, 6.07) is 7.88. The lowest BCUT2D eigenvalue weighted by Crippen LogP contribution is -2.28. The van der Waals surface area contributed by atoms with Crippen molar-refractivity contribution in [2.24, 2.45) is 5.73 Å². The summed E-state index contributed by atoms with van der Waals surface area (Å²) in [5.74, 6) is 0.412. The maximum Gasteiger partial charge on any atom is 0.227 e. The Bertz CT molecular complexity index is 370. The Kier molecular flexibility index (Phi) is 5.82. The van der Waals surface area contributed by atoms with E-state index in [1.54, 1.807) is 7.11 Å². The second-order valence-corrected chi connectivity index (χ2v) is 4.62. The Balaban J connectivity index is 2.54. The van der Waals surface area contributed by atoms with Crippen molar-refractivity contribution < 1.29 is 9.53 Å². The molecule has 4 nitrogen and oxygen atoms in total. The van der Waals surface area contributed by atoms with E-state index in [0.717, 1.165) is 5.69 Å². The van der Waals surface area contributed by atoms with Gasteiger partial charge in [-0.3, -0.25) is 4.79 Å². The molecular weight excluding hydrogens is 228 g/mol. The summed E-state index contributed by atoms with van der Waals surface area (Å²) < 4.78 is 5.07. The van der Waals surface area contributed by atoms with Gasteiger partial charge in [0.25, 0.3) is 0 Å². The number of carbonyl (C=O) groups excluding carboxylic acids is 1. The highest BCUT2D eigenvalue weighted by atomic mass is 16.5. The van der Waals surface area contributed by atoms with Crippen LogP contribution in [0.5, 0.6) is 0 Å². The largest absolute Gasteiger partial charge is 0.380 e. The van der Waals surface area contributed by atoms with Crippen LogP contribution in [0.3, 0.4) is 0 Å². The van der Waals surface area contributed by atoms with Gasteiger partial charge in [-0.2, -0.15) is 0 Å². The van der Waals surface area contributed by atoms with Crippen LogP contribution in [-0.4, -0.2) is 25.7 Å². The second-order valence-electron chi connectivity index (χ2n) is 4.62. The van der Waals surface area contributed by atoms with Crippen molar-refractivity contribution >= 4 is 11.6 Å². The Morgan fingerprint density at radius 1 is 1.33 bits per heavy atom. The molecule has 3 N–H and O–H groups in total. The van der Waals surface area contributed by atoms with Crippen LogP contribution in [0.2, 0.25) is 0 Å². The zero-order chi connectivity index (χ0) is 13.5. The molecule has 4 heteroatoms. The number of hydrogen-bond donors (Lipinski definition) is 2. The number of hydrogen-bond acceptors (Lipinski definition) is 3. The SMILES string of the molecule is COC(CN)CC(=O)Nc1ccc(C(C)C)cc1. The van der Waals surface area contributed by atoms with Crippen LogP contribution in [0.15, 0.2) is 24.3 Å². The molecule has 1 unspecified atom stereocenters. The molecule has 0 aliphatic heterocycles. The molecule has 0 saturated heterocycles. The van der Waals surface area contributed by atoms with Gasteiger partial charge in [-0.05, 0) is 23.6 Å². The van der Waals surface area contributed by atoms with Crippen molar-refractivity contribution in [3.63, 3.8) is 0 Å². The maximum absolute atomic E-state index is 11.7. The van der Waals surface area contributed by atoms with E-state index in [0.29, 0.717) is 12.5 Å². The standard InChI is InChI=1S/C14H22N2O2/c1-10(2)11-4-6-12(7-5-11)16-14(17)8-13(9-15)18-3/h4-7,10,13H,8-9,15H2,1-3H3,(H,16,17). The van der Waals surface area contributed by atoms with Gasteiger partial charge in [-0.1, -0.05) is 26.0 Å². The molecule has 0 spiro atoms. The molecule has 100 valence electrons. The normalized spacial score (nSPS) is 12.5. The quantitative estimate of drug-likeness (QED) is 0.812. The molecule has 0 saturated carbocycles. The van der Waals surface area contributed by atoms with E-state index in [9.17, 15) is 4.79 Å². The molecule has 0 aromatic heterocycles. The fraction of sp³-hybridized carbons (Fsp3) is 0.500. The van der Waals surface area contributed by atoms with Crippen molar-refractivity contribution in [2.45, 2.75) is 32.3 Å². The van der Waals surface area contributed by atoms with Gasteiger partial charge in [-0.15, -0.1) is 0 Å². The van der Waals surface area contributed by atoms with Gasteiger partial charge in [0.1, 0.15) is 0 Å². The Morgan fingerprint density at radius 2 is 1.94 bits per heavy atom. The topological polar surface area (TPSA) is 64.3 Å². The third-order valence-corrected chi connectivity index (χ3v) is 2.87. The van der Waals surface area contributed by atoms with Gasteiger partial charge in [0.2, 0.25) is 5.91 Å². The van der Waals surface area contributed by atoms with Crippen molar-refractivity contribution in [2.75, 3.05) is 19.0 Å². The lowest BCUT2D eigenvalue weighted by Gasteiger charge is -2.13. The van der Waals surface area contributed by atoms with Crippen molar-refractivity contribution in [1.29, 1.82) is 0 Å². The minimum atomic E-state index is -0.222. The minimum Gasteiger partial charge on any atom is -0.380 e. The molecule has 1 rings (SSSR count). The van der Waals surface area contributed by atoms with Crippen molar-refractivity contribution in [1.82, 2.24) is 0 Å². The van der Waals surface area contributed by atoms with Gasteiger partial charge in [0, 0.05) is 19.3 Å². The number of benzene rings is 1. The van der Waals surface area contributed by atoms with Crippen LogP contribution in [-0.2, 0) is 9.53 Å². The van der Waals surface area contributed by atoms with Crippen molar-refractivity contribution in [3.05, 3.63) is 29.8 Å². The Morgan fingerprint density at radius 3 is 2.39 bits per heavy atom. The van der Waals surface area contributed by atoms with Crippen LogP contribution in [0.4, 0.5) is 5.69 Å². The molecule has 1 amide bonds. The minimum absolute atomic E-state index is 0.0791. The van der Waals surface area contributed by atoms with Crippen LogP contribution in [0.25, 0.3) is 0 Å². The van der Waals surface area contributed by atoms with E-state index >= 15 is 0 Å². The molecule has 18 heavy (non-hydrogen) atoms. The zero-order valence-electron chi connectivity index (χ0n) is 11.3. The van der Waals surface area contributed by atoms with E-state index in [4.69, 9.17) is 10.5 Å². The summed E-state index contributed by atoms with van der Waals surface area (Å²) in [7, 11) is 1.56. The molecule has 1 atom stereocenters. The average molecular weight is 250 g/mol. The van der Waals surface area contributed by atoms with Crippen LogP contribution in [0, 0.1) is 0 Å². The predicted octanol–water partition coefficient (Wildman–Crippen LogP) is 2.11. The van der Waals surface area contributed by atoms with E-state index in [1.165, 1.54) is 5.56 Å². The van der Waals surface area contributed by atoms with Gasteiger partial charge in [0.15, 0.2) is 0 Å². The molecule has 0 fully saturated rings. The van der Waals surface area contributed by atoms with Gasteiger partial charge >= 0.3 is 0 Å². The summed E-state index contributed by atoms with van der Waals surface area (Å²) in [4.78, 5) is 11.7. The molecular formula is C14H22N2O2. The Labute approximate surface area is 109 Å². The smallest absolute Gasteiger partial charge is 0.227 e.